The molecule has 3 rings (SSSR count). The Balaban J connectivity index is 1.74. The van der Waals surface area contributed by atoms with E-state index < -0.39 is 9.84 Å². The van der Waals surface area contributed by atoms with Crippen molar-refractivity contribution in [2.24, 2.45) is 5.92 Å². The van der Waals surface area contributed by atoms with Gasteiger partial charge in [0.1, 0.15) is 4.90 Å². The van der Waals surface area contributed by atoms with Crippen molar-refractivity contribution in [3.8, 4) is 0 Å². The van der Waals surface area contributed by atoms with E-state index in [4.69, 9.17) is 0 Å². The van der Waals surface area contributed by atoms with Gasteiger partial charge in [0, 0.05) is 18.1 Å². The normalized spacial score (nSPS) is 11.5. The third-order valence-electron chi connectivity index (χ3n) is 3.75. The number of aromatic nitrogens is 3. The topological polar surface area (TPSA) is 84.8 Å². The monoisotopic (exact) mass is 368 g/mol. The molecule has 6 nitrogen and oxygen atoms in total. The molecule has 26 heavy (non-hydrogen) atoms. The van der Waals surface area contributed by atoms with Crippen LogP contribution in [0.15, 0.2) is 71.0 Å². The Morgan fingerprint density at radius 1 is 0.923 bits per heavy atom. The number of nitrogens with one attached hydrogen (secondary N) is 1. The molecule has 0 atom stereocenters. The Labute approximate surface area is 153 Å². The minimum Gasteiger partial charge on any atom is -0.324 e. The van der Waals surface area contributed by atoms with E-state index in [1.165, 1.54) is 42.5 Å². The van der Waals surface area contributed by atoms with E-state index >= 15 is 0 Å². The average molecular weight is 368 g/mol. The van der Waals surface area contributed by atoms with Gasteiger partial charge in [-0.1, -0.05) is 26.0 Å². The lowest BCUT2D eigenvalue weighted by molar-refractivity contribution is 0.595. The third kappa shape index (κ3) is 4.23. The molecule has 0 aliphatic heterocycles. The SMILES string of the molecule is CC(C)Cc1ccc(Nc2ncc(S(=O)(=O)c3ccncc3)cn2)cc1. The molecule has 0 spiro atoms. The van der Waals surface area contributed by atoms with Crippen molar-refractivity contribution < 1.29 is 8.42 Å². The summed E-state index contributed by atoms with van der Waals surface area (Å²) in [5, 5.41) is 3.08. The minimum absolute atomic E-state index is 0.0431. The predicted molar refractivity (Wildman–Crippen MR) is 100.0 cm³/mol. The van der Waals surface area contributed by atoms with Crippen LogP contribution < -0.4 is 5.32 Å². The van der Waals surface area contributed by atoms with E-state index in [2.05, 4.69) is 46.2 Å². The Morgan fingerprint density at radius 3 is 2.12 bits per heavy atom. The van der Waals surface area contributed by atoms with Crippen LogP contribution in [0, 0.1) is 5.92 Å². The lowest BCUT2D eigenvalue weighted by Crippen LogP contribution is -2.05. The molecule has 2 aromatic heterocycles. The number of hydrogen-bond acceptors (Lipinski definition) is 6. The fourth-order valence-corrected chi connectivity index (χ4v) is 3.63. The van der Waals surface area contributed by atoms with Gasteiger partial charge in [-0.3, -0.25) is 4.98 Å². The summed E-state index contributed by atoms with van der Waals surface area (Å²) in [5.74, 6) is 0.947. The average Bonchev–Trinajstić information content (AvgIpc) is 2.64. The first-order valence-corrected chi connectivity index (χ1v) is 9.76. The van der Waals surface area contributed by atoms with E-state index in [-0.39, 0.29) is 9.79 Å². The molecular weight excluding hydrogens is 348 g/mol. The lowest BCUT2D eigenvalue weighted by Gasteiger charge is -2.08. The number of rotatable bonds is 6. The summed E-state index contributed by atoms with van der Waals surface area (Å²) in [4.78, 5) is 12.3. The highest BCUT2D eigenvalue weighted by atomic mass is 32.2. The van der Waals surface area contributed by atoms with Crippen LogP contribution in [0.25, 0.3) is 0 Å². The maximum absolute atomic E-state index is 12.5. The standard InChI is InChI=1S/C19H20N4O2S/c1-14(2)11-15-3-5-16(6-4-15)23-19-21-12-18(13-22-19)26(24,25)17-7-9-20-10-8-17/h3-10,12-14H,11H2,1-2H3,(H,21,22,23). The van der Waals surface area contributed by atoms with Crippen LogP contribution in [0.3, 0.4) is 0 Å². The molecule has 2 heterocycles. The first-order chi connectivity index (χ1) is 12.4. The van der Waals surface area contributed by atoms with Crippen molar-refractivity contribution in [1.82, 2.24) is 15.0 Å². The summed E-state index contributed by atoms with van der Waals surface area (Å²) in [7, 11) is -3.64. The van der Waals surface area contributed by atoms with Gasteiger partial charge in [-0.15, -0.1) is 0 Å². The van der Waals surface area contributed by atoms with Crippen LogP contribution in [-0.4, -0.2) is 23.4 Å². The van der Waals surface area contributed by atoms with E-state index in [0.717, 1.165) is 12.1 Å². The predicted octanol–water partition coefficient (Wildman–Crippen LogP) is 3.65. The molecule has 1 aromatic carbocycles. The smallest absolute Gasteiger partial charge is 0.227 e. The number of pyridine rings is 1. The van der Waals surface area contributed by atoms with Crippen LogP contribution in [0.5, 0.6) is 0 Å². The zero-order valence-electron chi connectivity index (χ0n) is 14.6. The van der Waals surface area contributed by atoms with Crippen molar-refractivity contribution >= 4 is 21.5 Å². The van der Waals surface area contributed by atoms with Crippen molar-refractivity contribution in [1.29, 1.82) is 0 Å². The van der Waals surface area contributed by atoms with E-state index in [0.29, 0.717) is 11.9 Å². The molecule has 0 bridgehead atoms. The molecule has 0 saturated carbocycles. The Morgan fingerprint density at radius 2 is 1.54 bits per heavy atom. The van der Waals surface area contributed by atoms with E-state index in [9.17, 15) is 8.42 Å². The van der Waals surface area contributed by atoms with Gasteiger partial charge in [-0.25, -0.2) is 18.4 Å². The molecule has 0 aliphatic rings. The second-order valence-electron chi connectivity index (χ2n) is 6.35. The van der Waals surface area contributed by atoms with Gasteiger partial charge in [0.2, 0.25) is 15.8 Å². The number of anilines is 2. The minimum atomic E-state index is -3.64. The molecule has 3 aromatic rings. The molecule has 0 radical (unpaired) electrons. The summed E-state index contributed by atoms with van der Waals surface area (Å²) in [6.07, 6.45) is 6.51. The number of benzene rings is 1. The molecule has 0 amide bonds. The number of hydrogen-bond donors (Lipinski definition) is 1. The van der Waals surface area contributed by atoms with Gasteiger partial charge in [0.05, 0.1) is 17.3 Å². The van der Waals surface area contributed by atoms with Crippen molar-refractivity contribution in [2.75, 3.05) is 5.32 Å². The maximum Gasteiger partial charge on any atom is 0.227 e. The second kappa shape index (κ2) is 7.61. The molecule has 134 valence electrons. The third-order valence-corrected chi connectivity index (χ3v) is 5.48. The van der Waals surface area contributed by atoms with Gasteiger partial charge >= 0.3 is 0 Å². The van der Waals surface area contributed by atoms with Gasteiger partial charge in [0.15, 0.2) is 0 Å². The Kier molecular flexibility index (Phi) is 5.27. The van der Waals surface area contributed by atoms with Crippen molar-refractivity contribution in [3.63, 3.8) is 0 Å². The highest BCUT2D eigenvalue weighted by Gasteiger charge is 2.18. The molecule has 7 heteroatoms. The molecule has 0 saturated heterocycles. The van der Waals surface area contributed by atoms with E-state index in [1.54, 1.807) is 0 Å². The largest absolute Gasteiger partial charge is 0.324 e. The van der Waals surface area contributed by atoms with Crippen molar-refractivity contribution in [2.45, 2.75) is 30.1 Å². The Hall–Kier alpha value is -2.80. The van der Waals surface area contributed by atoms with Gasteiger partial charge in [0.25, 0.3) is 0 Å². The highest BCUT2D eigenvalue weighted by Crippen LogP contribution is 2.20. The van der Waals surface area contributed by atoms with Crippen LogP contribution in [0.2, 0.25) is 0 Å². The number of nitrogens with zero attached hydrogens (tertiary/aromatic N) is 3. The van der Waals surface area contributed by atoms with Crippen LogP contribution in [0.1, 0.15) is 19.4 Å². The molecular formula is C19H20N4O2S. The van der Waals surface area contributed by atoms with E-state index in [1.807, 2.05) is 12.1 Å². The van der Waals surface area contributed by atoms with Crippen molar-refractivity contribution in [3.05, 3.63) is 66.7 Å². The fourth-order valence-electron chi connectivity index (χ4n) is 2.50. The summed E-state index contributed by atoms with van der Waals surface area (Å²) in [5.41, 5.74) is 2.12. The van der Waals surface area contributed by atoms with Crippen LogP contribution in [-0.2, 0) is 16.3 Å². The zero-order chi connectivity index (χ0) is 18.6. The summed E-state index contributed by atoms with van der Waals surface area (Å²) >= 11 is 0. The lowest BCUT2D eigenvalue weighted by atomic mass is 10.0. The Bertz CT molecular complexity index is 955. The van der Waals surface area contributed by atoms with Gasteiger partial charge in [-0.05, 0) is 42.2 Å². The number of sulfone groups is 1. The quantitative estimate of drug-likeness (QED) is 0.715. The van der Waals surface area contributed by atoms with Gasteiger partial charge in [-0.2, -0.15) is 0 Å². The molecule has 0 unspecified atom stereocenters. The van der Waals surface area contributed by atoms with Crippen LogP contribution >= 0.6 is 0 Å². The first kappa shape index (κ1) is 18.0. The zero-order valence-corrected chi connectivity index (χ0v) is 15.4. The van der Waals surface area contributed by atoms with Crippen LogP contribution in [0.4, 0.5) is 11.6 Å². The fraction of sp³-hybridized carbons (Fsp3) is 0.211. The summed E-state index contributed by atoms with van der Waals surface area (Å²) in [6.45, 7) is 4.36. The summed E-state index contributed by atoms with van der Waals surface area (Å²) < 4.78 is 25.0. The van der Waals surface area contributed by atoms with Gasteiger partial charge < -0.3 is 5.32 Å². The molecule has 0 fully saturated rings. The maximum atomic E-state index is 12.5. The summed E-state index contributed by atoms with van der Waals surface area (Å²) in [6, 6.07) is 10.9. The highest BCUT2D eigenvalue weighted by molar-refractivity contribution is 7.91. The molecule has 0 aliphatic carbocycles. The molecule has 1 N–H and O–H groups in total. The first-order valence-electron chi connectivity index (χ1n) is 8.28. The second-order valence-corrected chi connectivity index (χ2v) is 8.30.